The summed E-state index contributed by atoms with van der Waals surface area (Å²) in [6.07, 6.45) is 3.50. The first-order valence-corrected chi connectivity index (χ1v) is 13.8. The third-order valence-corrected chi connectivity index (χ3v) is 7.45. The zero-order chi connectivity index (χ0) is 27.3. The number of thiocarbonyl (C=S) groups is 2. The number of ether oxygens (including phenoxy) is 2. The molecule has 9 nitrogen and oxygen atoms in total. The van der Waals surface area contributed by atoms with E-state index < -0.39 is 0 Å². The number of carbonyl (C=O) groups excluding carboxylic acids is 2. The van der Waals surface area contributed by atoms with Crippen LogP contribution in [0.4, 0.5) is 0 Å². The molecule has 0 unspecified atom stereocenters. The van der Waals surface area contributed by atoms with Crippen molar-refractivity contribution in [3.63, 3.8) is 0 Å². The van der Waals surface area contributed by atoms with Gasteiger partial charge in [-0.2, -0.15) is 0 Å². The van der Waals surface area contributed by atoms with E-state index in [2.05, 4.69) is 45.3 Å². The Hall–Kier alpha value is -0.337. The minimum Gasteiger partial charge on any atom is -0.467 e. The number of hydrogen-bond acceptors (Lipinski definition) is 11. The molecule has 3 aliphatic heterocycles. The van der Waals surface area contributed by atoms with Crippen LogP contribution in [0.1, 0.15) is 25.7 Å². The molecule has 3 rings (SSSR count). The number of hydrogen-bond donors (Lipinski definition) is 0. The first-order valence-electron chi connectivity index (χ1n) is 12.2. The van der Waals surface area contributed by atoms with E-state index in [-0.39, 0.29) is 43.5 Å². The topological polar surface area (TPSA) is 68.8 Å². The summed E-state index contributed by atoms with van der Waals surface area (Å²) in [5.74, 6) is -0.473. The molecule has 0 aliphatic carbocycles. The Bertz CT molecular complexity index is 659. The van der Waals surface area contributed by atoms with Gasteiger partial charge in [-0.3, -0.25) is 0 Å². The summed E-state index contributed by atoms with van der Waals surface area (Å²) in [5.41, 5.74) is 0. The Labute approximate surface area is 257 Å². The molecule has 0 aromatic heterocycles. The predicted molar refractivity (Wildman–Crippen MR) is 156 cm³/mol. The van der Waals surface area contributed by atoms with Crippen molar-refractivity contribution in [1.29, 1.82) is 0 Å². The van der Waals surface area contributed by atoms with Crippen LogP contribution in [0.5, 0.6) is 0 Å². The fraction of sp³-hybridized carbons (Fsp3) is 0.826. The van der Waals surface area contributed by atoms with Crippen molar-refractivity contribution < 1.29 is 38.5 Å². The average Bonchev–Trinajstić information content (AvgIpc) is 3.55. The quantitative estimate of drug-likeness (QED) is 0.178. The molecular formula is C23H41N5O4RuS4+. The summed E-state index contributed by atoms with van der Waals surface area (Å²) < 4.78 is 9.98. The van der Waals surface area contributed by atoms with Crippen LogP contribution in [0.25, 0.3) is 0 Å². The van der Waals surface area contributed by atoms with Gasteiger partial charge in [-0.15, -0.1) is 0 Å². The number of likely N-dealkylation sites (tertiary alicyclic amines) is 2. The summed E-state index contributed by atoms with van der Waals surface area (Å²) in [6, 6.07) is -0.472. The zero-order valence-electron chi connectivity index (χ0n) is 22.5. The second kappa shape index (κ2) is 19.7. The van der Waals surface area contributed by atoms with E-state index in [4.69, 9.17) is 49.7 Å². The zero-order valence-corrected chi connectivity index (χ0v) is 27.5. The van der Waals surface area contributed by atoms with Crippen LogP contribution in [0.2, 0.25) is 0 Å². The van der Waals surface area contributed by atoms with E-state index in [1.807, 2.05) is 0 Å². The number of rotatable bonds is 2. The summed E-state index contributed by atoms with van der Waals surface area (Å²) in [4.78, 5) is 33.0. The molecule has 0 saturated carbocycles. The maximum atomic E-state index is 11.2. The normalized spacial score (nSPS) is 23.1. The molecule has 3 aliphatic rings. The van der Waals surface area contributed by atoms with Crippen LogP contribution >= 0.6 is 24.4 Å². The van der Waals surface area contributed by atoms with Crippen molar-refractivity contribution in [1.82, 2.24) is 24.5 Å². The average molecular weight is 681 g/mol. The first kappa shape index (κ1) is 36.7. The molecule has 3 fully saturated rings. The van der Waals surface area contributed by atoms with Crippen molar-refractivity contribution in [2.75, 3.05) is 87.7 Å². The van der Waals surface area contributed by atoms with Gasteiger partial charge in [0, 0.05) is 52.4 Å². The Morgan fingerprint density at radius 1 is 0.649 bits per heavy atom. The van der Waals surface area contributed by atoms with Gasteiger partial charge in [0.1, 0.15) is 12.1 Å². The second-order valence-corrected chi connectivity index (χ2v) is 11.3. The molecule has 1 radical (unpaired) electrons. The fourth-order valence-electron chi connectivity index (χ4n) is 4.09. The van der Waals surface area contributed by atoms with Gasteiger partial charge in [0.05, 0.1) is 14.2 Å². The van der Waals surface area contributed by atoms with E-state index >= 15 is 0 Å². The molecule has 14 heteroatoms. The van der Waals surface area contributed by atoms with Crippen LogP contribution in [-0.2, 0) is 63.8 Å². The minimum atomic E-state index is -0.236. The van der Waals surface area contributed by atoms with Gasteiger partial charge in [0.25, 0.3) is 0 Å². The molecule has 0 N–H and O–H groups in total. The second-order valence-electron chi connectivity index (χ2n) is 9.19. The van der Waals surface area contributed by atoms with Crippen LogP contribution < -0.4 is 0 Å². The van der Waals surface area contributed by atoms with E-state index in [0.29, 0.717) is 8.64 Å². The van der Waals surface area contributed by atoms with E-state index in [9.17, 15) is 9.59 Å². The number of likely N-dealkylation sites (N-methyl/N-ethyl adjacent to an activating group) is 3. The largest absolute Gasteiger partial charge is 3.00 e. The number of esters is 2. The summed E-state index contributed by atoms with van der Waals surface area (Å²) in [5, 5.41) is 0. The molecule has 0 bridgehead atoms. The van der Waals surface area contributed by atoms with Crippen molar-refractivity contribution in [2.45, 2.75) is 37.8 Å². The monoisotopic (exact) mass is 681 g/mol. The molecule has 0 spiro atoms. The molecule has 0 aromatic carbocycles. The van der Waals surface area contributed by atoms with Crippen LogP contribution in [0.15, 0.2) is 0 Å². The Kier molecular flexibility index (Phi) is 19.5. The van der Waals surface area contributed by atoms with Crippen molar-refractivity contribution in [3.05, 3.63) is 0 Å². The van der Waals surface area contributed by atoms with Crippen LogP contribution in [0, 0.1) is 0 Å². The Balaban J connectivity index is 0.000000518. The molecule has 0 aromatic rings. The van der Waals surface area contributed by atoms with Gasteiger partial charge < -0.3 is 83.7 Å². The SMILES string of the molecule is CN1CCN(C)CCN(C)CC1.COC(=O)[C@@H]1CCCN1C(=S)[S-].COC(=O)[C@H]1CCCN1C(=S)[S-].[Ru+3]. The molecule has 2 atom stereocenters. The van der Waals surface area contributed by atoms with Crippen LogP contribution in [0.3, 0.4) is 0 Å². The molecule has 3 heterocycles. The van der Waals surface area contributed by atoms with Gasteiger partial charge in [0.2, 0.25) is 0 Å². The summed E-state index contributed by atoms with van der Waals surface area (Å²) >= 11 is 19.3. The molecule has 3 saturated heterocycles. The molecule has 213 valence electrons. The van der Waals surface area contributed by atoms with Gasteiger partial charge >= 0.3 is 31.4 Å². The molecule has 0 amide bonds. The Morgan fingerprint density at radius 2 is 0.919 bits per heavy atom. The number of nitrogens with zero attached hydrogens (tertiary/aromatic N) is 5. The van der Waals surface area contributed by atoms with Gasteiger partial charge in [-0.25, -0.2) is 9.59 Å². The predicted octanol–water partition coefficient (Wildman–Crippen LogP) is 0.704. The van der Waals surface area contributed by atoms with Crippen LogP contribution in [-0.4, -0.2) is 145 Å². The number of carbonyl (C=O) groups is 2. The number of methoxy groups -OCH3 is 2. The summed E-state index contributed by atoms with van der Waals surface area (Å²) in [6.45, 7) is 8.75. The van der Waals surface area contributed by atoms with Gasteiger partial charge in [-0.1, -0.05) is 8.64 Å². The van der Waals surface area contributed by atoms with E-state index in [1.165, 1.54) is 53.5 Å². The minimum absolute atomic E-state index is 0. The van der Waals surface area contributed by atoms with Gasteiger partial charge in [0.15, 0.2) is 0 Å². The maximum absolute atomic E-state index is 11.2. The van der Waals surface area contributed by atoms with Crippen molar-refractivity contribution >= 4 is 70.3 Å². The van der Waals surface area contributed by atoms with E-state index in [0.717, 1.165) is 38.8 Å². The van der Waals surface area contributed by atoms with E-state index in [1.54, 1.807) is 9.80 Å². The summed E-state index contributed by atoms with van der Waals surface area (Å²) in [7, 11) is 9.36. The third kappa shape index (κ3) is 13.5. The molecule has 37 heavy (non-hydrogen) atoms. The van der Waals surface area contributed by atoms with Crippen molar-refractivity contribution in [2.24, 2.45) is 0 Å². The maximum Gasteiger partial charge on any atom is 3.00 e. The Morgan fingerprint density at radius 3 is 1.14 bits per heavy atom. The van der Waals surface area contributed by atoms with Gasteiger partial charge in [-0.05, 0) is 46.8 Å². The smallest absolute Gasteiger partial charge is 0.467 e. The standard InChI is InChI=1S/C9H21N3.2C7H11NO2S2.Ru/c1-10-4-6-11(2)8-9-12(3)7-5-10;2*1-10-6(9)5-3-2-4-8(5)7(11)12;/h4-9H2,1-3H3;2*5H,2-4H2,1H3,(H,11,12);/q;;;+3/p-2/t;2*5-;/m.10./s1. The molecular weight excluding hydrogens is 640 g/mol. The van der Waals surface area contributed by atoms with Crippen molar-refractivity contribution in [3.8, 4) is 0 Å². The first-order chi connectivity index (χ1) is 17.0. The fourth-order valence-corrected chi connectivity index (χ4v) is 4.97. The third-order valence-electron chi connectivity index (χ3n) is 6.51.